The Morgan fingerprint density at radius 3 is 2.41 bits per heavy atom. The van der Waals surface area contributed by atoms with E-state index >= 15 is 0 Å². The Morgan fingerprint density at radius 2 is 1.79 bits per heavy atom. The molecule has 9 nitrogen and oxygen atoms in total. The summed E-state index contributed by atoms with van der Waals surface area (Å²) in [4.78, 5) is 12.5. The highest BCUT2D eigenvalue weighted by Crippen LogP contribution is 2.33. The van der Waals surface area contributed by atoms with Crippen LogP contribution in [0.4, 0.5) is 6.01 Å². The maximum absolute atomic E-state index is 12.4. The van der Waals surface area contributed by atoms with Gasteiger partial charge >= 0.3 is 6.01 Å². The Labute approximate surface area is 167 Å². The van der Waals surface area contributed by atoms with E-state index in [9.17, 15) is 13.2 Å². The number of rotatable bonds is 7. The highest BCUT2D eigenvalue weighted by molar-refractivity contribution is 7.91. The molecule has 152 valence electrons. The molecule has 1 heterocycles. The standard InChI is InChI=1S/C19H19N3O6S/c1-4-29(24,25)14-8-5-12(6-9-14)17(23)20-19-22-21-18(28-19)15-11-13(26-2)7-10-16(15)27-3/h5-11H,4H2,1-3H3,(H,20,22,23). The summed E-state index contributed by atoms with van der Waals surface area (Å²) < 4.78 is 39.7. The molecule has 0 bridgehead atoms. The van der Waals surface area contributed by atoms with Crippen molar-refractivity contribution in [3.63, 3.8) is 0 Å². The number of aromatic nitrogens is 2. The molecule has 0 spiro atoms. The number of anilines is 1. The molecule has 0 aliphatic heterocycles. The second kappa shape index (κ2) is 8.31. The lowest BCUT2D eigenvalue weighted by atomic mass is 10.2. The predicted octanol–water partition coefficient (Wildman–Crippen LogP) is 2.80. The van der Waals surface area contributed by atoms with Crippen LogP contribution in [0.2, 0.25) is 0 Å². The van der Waals surface area contributed by atoms with Gasteiger partial charge in [-0.15, -0.1) is 5.10 Å². The number of hydrogen-bond donors (Lipinski definition) is 1. The first-order valence-electron chi connectivity index (χ1n) is 8.58. The Hall–Kier alpha value is -3.40. The van der Waals surface area contributed by atoms with Crippen molar-refractivity contribution in [1.29, 1.82) is 0 Å². The van der Waals surface area contributed by atoms with E-state index in [0.717, 1.165) is 0 Å². The average Bonchev–Trinajstić information content (AvgIpc) is 3.21. The lowest BCUT2D eigenvalue weighted by Crippen LogP contribution is -2.12. The first kappa shape index (κ1) is 20.3. The predicted molar refractivity (Wildman–Crippen MR) is 105 cm³/mol. The summed E-state index contributed by atoms with van der Waals surface area (Å²) in [6, 6.07) is 10.6. The van der Waals surface area contributed by atoms with E-state index in [0.29, 0.717) is 17.1 Å². The Morgan fingerprint density at radius 1 is 1.07 bits per heavy atom. The van der Waals surface area contributed by atoms with Gasteiger partial charge in [0.1, 0.15) is 11.5 Å². The second-order valence-corrected chi connectivity index (χ2v) is 8.14. The topological polar surface area (TPSA) is 121 Å². The molecule has 0 saturated carbocycles. The van der Waals surface area contributed by atoms with Crippen LogP contribution in [-0.4, -0.2) is 44.5 Å². The van der Waals surface area contributed by atoms with Gasteiger partial charge in [0.05, 0.1) is 30.4 Å². The zero-order chi connectivity index (χ0) is 21.0. The molecule has 0 atom stereocenters. The third-order valence-corrected chi connectivity index (χ3v) is 5.89. The van der Waals surface area contributed by atoms with E-state index < -0.39 is 15.7 Å². The number of nitrogens with one attached hydrogen (secondary N) is 1. The summed E-state index contributed by atoms with van der Waals surface area (Å²) in [5.74, 6) is 0.683. The van der Waals surface area contributed by atoms with Gasteiger partial charge in [-0.25, -0.2) is 8.42 Å². The van der Waals surface area contributed by atoms with E-state index in [4.69, 9.17) is 13.9 Å². The molecule has 29 heavy (non-hydrogen) atoms. The van der Waals surface area contributed by atoms with Gasteiger partial charge in [-0.1, -0.05) is 12.0 Å². The number of amides is 1. The van der Waals surface area contributed by atoms with Crippen LogP contribution >= 0.6 is 0 Å². The molecular formula is C19H19N3O6S. The molecule has 0 fully saturated rings. The minimum absolute atomic E-state index is 0.0168. The fraction of sp³-hybridized carbons (Fsp3) is 0.211. The first-order valence-corrected chi connectivity index (χ1v) is 10.2. The Balaban J connectivity index is 1.79. The number of ether oxygens (including phenoxy) is 2. The quantitative estimate of drug-likeness (QED) is 0.623. The molecule has 3 aromatic rings. The van der Waals surface area contributed by atoms with Crippen molar-refractivity contribution in [1.82, 2.24) is 10.2 Å². The molecule has 0 radical (unpaired) electrons. The number of nitrogens with zero attached hydrogens (tertiary/aromatic N) is 2. The van der Waals surface area contributed by atoms with Crippen LogP contribution in [0, 0.1) is 0 Å². The van der Waals surface area contributed by atoms with E-state index in [1.807, 2.05) is 0 Å². The van der Waals surface area contributed by atoms with Crippen LogP contribution < -0.4 is 14.8 Å². The molecular weight excluding hydrogens is 398 g/mol. The maximum Gasteiger partial charge on any atom is 0.322 e. The van der Waals surface area contributed by atoms with E-state index in [2.05, 4.69) is 15.5 Å². The van der Waals surface area contributed by atoms with Gasteiger partial charge in [0.2, 0.25) is 0 Å². The summed E-state index contributed by atoms with van der Waals surface area (Å²) in [5.41, 5.74) is 0.757. The monoisotopic (exact) mass is 417 g/mol. The van der Waals surface area contributed by atoms with Gasteiger partial charge in [-0.2, -0.15) is 0 Å². The van der Waals surface area contributed by atoms with Gasteiger partial charge in [0, 0.05) is 5.56 Å². The van der Waals surface area contributed by atoms with Gasteiger partial charge < -0.3 is 13.9 Å². The largest absolute Gasteiger partial charge is 0.497 e. The SMILES string of the molecule is CCS(=O)(=O)c1ccc(C(=O)Nc2nnc(-c3cc(OC)ccc3OC)o2)cc1. The summed E-state index contributed by atoms with van der Waals surface area (Å²) in [6.07, 6.45) is 0. The van der Waals surface area contributed by atoms with Gasteiger partial charge in [0.25, 0.3) is 11.8 Å². The van der Waals surface area contributed by atoms with Gasteiger partial charge in [-0.3, -0.25) is 10.1 Å². The molecule has 0 saturated heterocycles. The smallest absolute Gasteiger partial charge is 0.322 e. The van der Waals surface area contributed by atoms with Crippen LogP contribution in [0.25, 0.3) is 11.5 Å². The third kappa shape index (κ3) is 4.37. The molecule has 1 N–H and O–H groups in total. The summed E-state index contributed by atoms with van der Waals surface area (Å²) in [5, 5.41) is 10.2. The van der Waals surface area contributed by atoms with Gasteiger partial charge in [-0.05, 0) is 42.5 Å². The van der Waals surface area contributed by atoms with Crippen LogP contribution in [0.1, 0.15) is 17.3 Å². The molecule has 0 unspecified atom stereocenters. The highest BCUT2D eigenvalue weighted by Gasteiger charge is 2.17. The van der Waals surface area contributed by atoms with Crippen molar-refractivity contribution in [2.75, 3.05) is 25.3 Å². The third-order valence-electron chi connectivity index (χ3n) is 4.14. The number of benzene rings is 2. The molecule has 0 aliphatic rings. The zero-order valence-corrected chi connectivity index (χ0v) is 16.8. The average molecular weight is 417 g/mol. The summed E-state index contributed by atoms with van der Waals surface area (Å²) in [7, 11) is -0.297. The van der Waals surface area contributed by atoms with Crippen molar-refractivity contribution in [2.24, 2.45) is 0 Å². The van der Waals surface area contributed by atoms with Crippen molar-refractivity contribution in [2.45, 2.75) is 11.8 Å². The number of carbonyl (C=O) groups is 1. The Bertz CT molecular complexity index is 1120. The summed E-state index contributed by atoms with van der Waals surface area (Å²) >= 11 is 0. The zero-order valence-electron chi connectivity index (χ0n) is 16.0. The Kier molecular flexibility index (Phi) is 5.83. The molecule has 2 aromatic carbocycles. The normalized spacial score (nSPS) is 11.1. The van der Waals surface area contributed by atoms with Crippen LogP contribution in [0.15, 0.2) is 51.8 Å². The van der Waals surface area contributed by atoms with Crippen LogP contribution in [0.5, 0.6) is 11.5 Å². The van der Waals surface area contributed by atoms with Crippen molar-refractivity contribution >= 4 is 21.8 Å². The lowest BCUT2D eigenvalue weighted by molar-refractivity contribution is 0.102. The molecule has 0 aliphatic carbocycles. The van der Waals surface area contributed by atoms with Crippen molar-refractivity contribution in [3.8, 4) is 23.0 Å². The lowest BCUT2D eigenvalue weighted by Gasteiger charge is -2.07. The van der Waals surface area contributed by atoms with Gasteiger partial charge in [0.15, 0.2) is 9.84 Å². The fourth-order valence-corrected chi connectivity index (χ4v) is 3.40. The number of hydrogen-bond acceptors (Lipinski definition) is 8. The van der Waals surface area contributed by atoms with Crippen LogP contribution in [0.3, 0.4) is 0 Å². The molecule has 1 aromatic heterocycles. The number of methoxy groups -OCH3 is 2. The fourth-order valence-electron chi connectivity index (χ4n) is 2.51. The minimum Gasteiger partial charge on any atom is -0.497 e. The van der Waals surface area contributed by atoms with Crippen molar-refractivity contribution < 1.29 is 27.1 Å². The van der Waals surface area contributed by atoms with E-state index in [1.54, 1.807) is 25.1 Å². The van der Waals surface area contributed by atoms with E-state index in [1.165, 1.54) is 38.5 Å². The second-order valence-electron chi connectivity index (χ2n) is 5.86. The number of sulfone groups is 1. The summed E-state index contributed by atoms with van der Waals surface area (Å²) in [6.45, 7) is 1.56. The maximum atomic E-state index is 12.4. The van der Waals surface area contributed by atoms with E-state index in [-0.39, 0.29) is 28.1 Å². The highest BCUT2D eigenvalue weighted by atomic mass is 32.2. The minimum atomic E-state index is -3.33. The molecule has 10 heteroatoms. The number of carbonyl (C=O) groups excluding carboxylic acids is 1. The molecule has 1 amide bonds. The molecule has 3 rings (SSSR count). The first-order chi connectivity index (χ1) is 13.9. The van der Waals surface area contributed by atoms with Crippen LogP contribution in [-0.2, 0) is 9.84 Å². The van der Waals surface area contributed by atoms with Crippen molar-refractivity contribution in [3.05, 3.63) is 48.0 Å².